The molecule has 1 aliphatic heterocycles. The highest BCUT2D eigenvalue weighted by Gasteiger charge is 2.29. The van der Waals surface area contributed by atoms with Crippen LogP contribution in [-0.2, 0) is 10.0 Å². The maximum absolute atomic E-state index is 13.3. The Bertz CT molecular complexity index is 868. The number of thioether (sulfide) groups is 1. The number of nitrogens with zero attached hydrogens (tertiary/aromatic N) is 1. The average molecular weight is 394 g/mol. The Labute approximate surface area is 159 Å². The van der Waals surface area contributed by atoms with E-state index in [2.05, 4.69) is 0 Å². The zero-order valence-corrected chi connectivity index (χ0v) is 16.6. The summed E-state index contributed by atoms with van der Waals surface area (Å²) in [4.78, 5) is 1.20. The molecule has 2 aromatic rings. The summed E-state index contributed by atoms with van der Waals surface area (Å²) in [6.45, 7) is 5.13. The molecule has 0 fully saturated rings. The summed E-state index contributed by atoms with van der Waals surface area (Å²) in [5.74, 6) is 1.91. The van der Waals surface area contributed by atoms with E-state index in [1.807, 2.05) is 38.1 Å². The fourth-order valence-electron chi connectivity index (χ4n) is 2.86. The fourth-order valence-corrected chi connectivity index (χ4v) is 5.45. The van der Waals surface area contributed by atoms with Crippen molar-refractivity contribution in [2.75, 3.05) is 29.8 Å². The van der Waals surface area contributed by atoms with Crippen LogP contribution >= 0.6 is 11.8 Å². The molecule has 0 radical (unpaired) electrons. The highest BCUT2D eigenvalue weighted by Crippen LogP contribution is 2.38. The quantitative estimate of drug-likeness (QED) is 0.737. The van der Waals surface area contributed by atoms with Crippen LogP contribution < -0.4 is 13.8 Å². The summed E-state index contributed by atoms with van der Waals surface area (Å²) in [7, 11) is -3.69. The summed E-state index contributed by atoms with van der Waals surface area (Å²) in [5, 5.41) is 0. The second-order valence-electron chi connectivity index (χ2n) is 5.72. The van der Waals surface area contributed by atoms with Gasteiger partial charge in [0.2, 0.25) is 0 Å². The minimum Gasteiger partial charge on any atom is -0.490 e. The zero-order valence-electron chi connectivity index (χ0n) is 15.0. The monoisotopic (exact) mass is 393 g/mol. The van der Waals surface area contributed by atoms with Crippen molar-refractivity contribution in [2.45, 2.75) is 30.1 Å². The van der Waals surface area contributed by atoms with Gasteiger partial charge in [-0.25, -0.2) is 8.42 Å². The predicted octanol–water partition coefficient (Wildman–Crippen LogP) is 4.18. The van der Waals surface area contributed by atoms with Crippen molar-refractivity contribution in [1.29, 1.82) is 0 Å². The maximum atomic E-state index is 13.3. The lowest BCUT2D eigenvalue weighted by atomic mass is 10.3. The number of ether oxygens (including phenoxy) is 2. The van der Waals surface area contributed by atoms with Gasteiger partial charge in [0.15, 0.2) is 11.5 Å². The van der Waals surface area contributed by atoms with E-state index in [-0.39, 0.29) is 4.90 Å². The van der Waals surface area contributed by atoms with Crippen molar-refractivity contribution < 1.29 is 17.9 Å². The number of para-hydroxylation sites is 1. The van der Waals surface area contributed by atoms with Crippen LogP contribution in [-0.4, -0.2) is 33.9 Å². The molecule has 7 heteroatoms. The molecule has 0 spiro atoms. The Hall–Kier alpha value is -1.86. The molecule has 5 nitrogen and oxygen atoms in total. The summed E-state index contributed by atoms with van der Waals surface area (Å²) in [5.41, 5.74) is 0.738. The third-order valence-electron chi connectivity index (χ3n) is 4.00. The summed E-state index contributed by atoms with van der Waals surface area (Å²) in [6, 6.07) is 12.5. The number of sulfonamides is 1. The molecule has 140 valence electrons. The average Bonchev–Trinajstić information content (AvgIpc) is 2.86. The molecule has 0 aliphatic carbocycles. The Morgan fingerprint density at radius 1 is 1.04 bits per heavy atom. The van der Waals surface area contributed by atoms with E-state index in [0.717, 1.165) is 22.8 Å². The summed E-state index contributed by atoms with van der Waals surface area (Å²) < 4.78 is 39.3. The predicted molar refractivity (Wildman–Crippen MR) is 105 cm³/mol. The zero-order chi connectivity index (χ0) is 18.6. The molecule has 3 rings (SSSR count). The molecule has 1 heterocycles. The molecule has 0 bridgehead atoms. The maximum Gasteiger partial charge on any atom is 0.264 e. The Kier molecular flexibility index (Phi) is 5.98. The molecular weight excluding hydrogens is 370 g/mol. The first-order chi connectivity index (χ1) is 12.6. The number of anilines is 1. The second-order valence-corrected chi connectivity index (χ2v) is 8.72. The molecule has 0 amide bonds. The third kappa shape index (κ3) is 3.78. The first kappa shape index (κ1) is 18.9. The van der Waals surface area contributed by atoms with Crippen LogP contribution in [0, 0.1) is 0 Å². The summed E-state index contributed by atoms with van der Waals surface area (Å²) >= 11 is 1.69. The van der Waals surface area contributed by atoms with E-state index in [1.165, 1.54) is 4.31 Å². The van der Waals surface area contributed by atoms with Crippen LogP contribution in [0.1, 0.15) is 20.3 Å². The van der Waals surface area contributed by atoms with Gasteiger partial charge in [-0.15, -0.1) is 11.8 Å². The Morgan fingerprint density at radius 2 is 1.77 bits per heavy atom. The third-order valence-corrected chi connectivity index (χ3v) is 6.96. The fraction of sp³-hybridized carbons (Fsp3) is 0.368. The van der Waals surface area contributed by atoms with Crippen molar-refractivity contribution in [2.24, 2.45) is 0 Å². The van der Waals surface area contributed by atoms with E-state index >= 15 is 0 Å². The van der Waals surface area contributed by atoms with Gasteiger partial charge in [0.05, 0.1) is 23.8 Å². The van der Waals surface area contributed by atoms with Gasteiger partial charge in [-0.3, -0.25) is 4.31 Å². The minimum absolute atomic E-state index is 0.214. The largest absolute Gasteiger partial charge is 0.490 e. The van der Waals surface area contributed by atoms with Crippen LogP contribution in [0.15, 0.2) is 52.3 Å². The SMILES string of the molecule is CCOc1ccc(S(=O)(=O)N2CCCSc3ccccc32)cc1OCC. The van der Waals surface area contributed by atoms with E-state index in [0.29, 0.717) is 31.3 Å². The van der Waals surface area contributed by atoms with Crippen molar-refractivity contribution in [3.63, 3.8) is 0 Å². The number of hydrogen-bond acceptors (Lipinski definition) is 5. The van der Waals surface area contributed by atoms with Gasteiger partial charge >= 0.3 is 0 Å². The van der Waals surface area contributed by atoms with Gasteiger partial charge in [-0.2, -0.15) is 0 Å². The molecule has 0 saturated heterocycles. The number of rotatable bonds is 6. The summed E-state index contributed by atoms with van der Waals surface area (Å²) in [6.07, 6.45) is 0.800. The number of fused-ring (bicyclic) bond motifs is 1. The van der Waals surface area contributed by atoms with Gasteiger partial charge in [-0.05, 0) is 50.3 Å². The van der Waals surface area contributed by atoms with E-state index in [1.54, 1.807) is 30.0 Å². The van der Waals surface area contributed by atoms with Gasteiger partial charge < -0.3 is 9.47 Å². The first-order valence-corrected chi connectivity index (χ1v) is 11.1. The highest BCUT2D eigenvalue weighted by atomic mass is 32.2. The first-order valence-electron chi connectivity index (χ1n) is 8.72. The van der Waals surface area contributed by atoms with E-state index in [4.69, 9.17) is 9.47 Å². The molecule has 26 heavy (non-hydrogen) atoms. The molecular formula is C19H23NO4S2. The van der Waals surface area contributed by atoms with Crippen molar-refractivity contribution in [3.05, 3.63) is 42.5 Å². The topological polar surface area (TPSA) is 55.8 Å². The molecule has 0 atom stereocenters. The van der Waals surface area contributed by atoms with Crippen LogP contribution in [0.3, 0.4) is 0 Å². The van der Waals surface area contributed by atoms with Crippen LogP contribution in [0.25, 0.3) is 0 Å². The second kappa shape index (κ2) is 8.22. The molecule has 0 saturated carbocycles. The van der Waals surface area contributed by atoms with Gasteiger partial charge in [0, 0.05) is 17.5 Å². The van der Waals surface area contributed by atoms with Crippen molar-refractivity contribution in [1.82, 2.24) is 0 Å². The molecule has 0 N–H and O–H groups in total. The molecule has 2 aromatic carbocycles. The van der Waals surface area contributed by atoms with E-state index in [9.17, 15) is 8.42 Å². The lowest BCUT2D eigenvalue weighted by Crippen LogP contribution is -2.32. The van der Waals surface area contributed by atoms with Crippen molar-refractivity contribution in [3.8, 4) is 11.5 Å². The lowest BCUT2D eigenvalue weighted by Gasteiger charge is -2.24. The van der Waals surface area contributed by atoms with Gasteiger partial charge in [-0.1, -0.05) is 12.1 Å². The van der Waals surface area contributed by atoms with E-state index < -0.39 is 10.0 Å². The number of benzene rings is 2. The van der Waals surface area contributed by atoms with Crippen LogP contribution in [0.2, 0.25) is 0 Å². The Morgan fingerprint density at radius 3 is 2.54 bits per heavy atom. The standard InChI is InChI=1S/C19H23NO4S2/c1-3-23-17-11-10-15(14-18(17)24-4-2)26(21,22)20-12-7-13-25-19-9-6-5-8-16(19)20/h5-6,8-11,14H,3-4,7,12-13H2,1-2H3. The smallest absolute Gasteiger partial charge is 0.264 e. The molecule has 0 aromatic heterocycles. The minimum atomic E-state index is -3.69. The number of hydrogen-bond donors (Lipinski definition) is 0. The van der Waals surface area contributed by atoms with Crippen molar-refractivity contribution >= 4 is 27.5 Å². The van der Waals surface area contributed by atoms with Crippen LogP contribution in [0.5, 0.6) is 11.5 Å². The van der Waals surface area contributed by atoms with Crippen LogP contribution in [0.4, 0.5) is 5.69 Å². The highest BCUT2D eigenvalue weighted by molar-refractivity contribution is 7.99. The Balaban J connectivity index is 2.04. The van der Waals surface area contributed by atoms with Gasteiger partial charge in [0.1, 0.15) is 0 Å². The molecule has 0 unspecified atom stereocenters. The molecule has 1 aliphatic rings. The van der Waals surface area contributed by atoms with Gasteiger partial charge in [0.25, 0.3) is 10.0 Å². The normalized spacial score (nSPS) is 14.5. The lowest BCUT2D eigenvalue weighted by molar-refractivity contribution is 0.287.